The van der Waals surface area contributed by atoms with Gasteiger partial charge in [-0.3, -0.25) is 10.1 Å². The maximum Gasteiger partial charge on any atom is 0.277 e. The molecule has 4 aromatic carbocycles. The van der Waals surface area contributed by atoms with Crippen LogP contribution in [0.2, 0.25) is 0 Å². The van der Waals surface area contributed by atoms with Crippen molar-refractivity contribution >= 4 is 29.5 Å². The van der Waals surface area contributed by atoms with Gasteiger partial charge in [-0.25, -0.2) is 0 Å². The second kappa shape index (κ2) is 8.16. The topological polar surface area (TPSA) is 43.1 Å². The molecule has 0 fully saturated rings. The number of nitrogens with zero attached hydrogens (tertiary/aromatic N) is 1. The van der Waals surface area contributed by atoms with Crippen molar-refractivity contribution in [1.82, 2.24) is 0 Å². The van der Waals surface area contributed by atoms with Gasteiger partial charge in [0.2, 0.25) is 0 Å². The molecule has 0 heterocycles. The van der Waals surface area contributed by atoms with Crippen LogP contribution < -0.4 is 15.9 Å². The fraction of sp³-hybridized carbons (Fsp3) is 0. The summed E-state index contributed by atoms with van der Waals surface area (Å²) >= 11 is 0. The van der Waals surface area contributed by atoms with Crippen LogP contribution in [0.1, 0.15) is 0 Å². The summed E-state index contributed by atoms with van der Waals surface area (Å²) in [7, 11) is -0.681. The lowest BCUT2D eigenvalue weighted by Crippen LogP contribution is -2.20. The molecule has 0 spiro atoms. The van der Waals surface area contributed by atoms with Crippen molar-refractivity contribution in [3.8, 4) is 11.1 Å². The predicted molar refractivity (Wildman–Crippen MR) is 117 cm³/mol. The molecule has 0 saturated carbocycles. The van der Waals surface area contributed by atoms with Crippen LogP contribution in [0, 0.1) is 10.1 Å². The standard InChI is InChI=1S/C24H18NO2P/c26-25(27)24-14-8-7-13-23(24)19-15-17-22(18-16-19)28(20-9-3-1-4-10-20)21-11-5-2-6-12-21/h1-18H. The van der Waals surface area contributed by atoms with E-state index in [0.717, 1.165) is 5.56 Å². The van der Waals surface area contributed by atoms with Gasteiger partial charge in [0.1, 0.15) is 0 Å². The summed E-state index contributed by atoms with van der Waals surface area (Å²) in [5.41, 5.74) is 1.62. The molecule has 0 radical (unpaired) electrons. The fourth-order valence-electron chi connectivity index (χ4n) is 3.27. The van der Waals surface area contributed by atoms with Crippen molar-refractivity contribution in [3.63, 3.8) is 0 Å². The predicted octanol–water partition coefficient (Wildman–Crippen LogP) is 5.02. The molecule has 0 aliphatic heterocycles. The molecule has 0 bridgehead atoms. The second-order valence-electron chi connectivity index (χ2n) is 6.33. The van der Waals surface area contributed by atoms with Crippen molar-refractivity contribution in [2.45, 2.75) is 0 Å². The molecule has 0 atom stereocenters. The maximum atomic E-state index is 11.3. The van der Waals surface area contributed by atoms with Crippen molar-refractivity contribution in [3.05, 3.63) is 119 Å². The van der Waals surface area contributed by atoms with E-state index in [2.05, 4.69) is 60.7 Å². The minimum Gasteiger partial charge on any atom is -0.258 e. The fourth-order valence-corrected chi connectivity index (χ4v) is 5.55. The Morgan fingerprint density at radius 2 is 1.04 bits per heavy atom. The van der Waals surface area contributed by atoms with Gasteiger partial charge < -0.3 is 0 Å². The Kier molecular flexibility index (Phi) is 5.27. The summed E-state index contributed by atoms with van der Waals surface area (Å²) in [6, 6.07) is 36.0. The summed E-state index contributed by atoms with van der Waals surface area (Å²) in [5, 5.41) is 15.1. The number of rotatable bonds is 5. The van der Waals surface area contributed by atoms with Gasteiger partial charge in [0, 0.05) is 6.07 Å². The van der Waals surface area contributed by atoms with Crippen molar-refractivity contribution in [1.29, 1.82) is 0 Å². The Balaban J connectivity index is 1.77. The molecule has 0 aliphatic carbocycles. The normalized spacial score (nSPS) is 10.8. The number of para-hydroxylation sites is 1. The SMILES string of the molecule is O=[N+]([O-])c1ccccc1-c1ccc(P(c2ccccc2)c2ccccc2)cc1. The molecule has 0 aliphatic rings. The average molecular weight is 383 g/mol. The summed E-state index contributed by atoms with van der Waals surface area (Å²) in [4.78, 5) is 11.0. The lowest BCUT2D eigenvalue weighted by molar-refractivity contribution is -0.384. The molecule has 136 valence electrons. The minimum absolute atomic E-state index is 0.128. The summed E-state index contributed by atoms with van der Waals surface area (Å²) in [6.45, 7) is 0. The summed E-state index contributed by atoms with van der Waals surface area (Å²) < 4.78 is 0. The van der Waals surface area contributed by atoms with E-state index < -0.39 is 7.92 Å². The third-order valence-electron chi connectivity index (χ3n) is 4.57. The van der Waals surface area contributed by atoms with E-state index in [1.54, 1.807) is 18.2 Å². The molecular formula is C24H18NO2P. The van der Waals surface area contributed by atoms with Crippen LogP contribution in [0.4, 0.5) is 5.69 Å². The Morgan fingerprint density at radius 1 is 0.571 bits per heavy atom. The maximum absolute atomic E-state index is 11.3. The molecule has 4 aromatic rings. The lowest BCUT2D eigenvalue weighted by atomic mass is 10.0. The zero-order valence-corrected chi connectivity index (χ0v) is 16.0. The van der Waals surface area contributed by atoms with Crippen LogP contribution in [0.5, 0.6) is 0 Å². The zero-order valence-electron chi connectivity index (χ0n) is 15.1. The van der Waals surface area contributed by atoms with E-state index in [-0.39, 0.29) is 10.6 Å². The number of nitro groups is 1. The van der Waals surface area contributed by atoms with E-state index in [1.165, 1.54) is 15.9 Å². The van der Waals surface area contributed by atoms with Crippen LogP contribution in [0.3, 0.4) is 0 Å². The van der Waals surface area contributed by atoms with Crippen molar-refractivity contribution in [2.24, 2.45) is 0 Å². The van der Waals surface area contributed by atoms with E-state index in [9.17, 15) is 10.1 Å². The highest BCUT2D eigenvalue weighted by molar-refractivity contribution is 7.79. The zero-order chi connectivity index (χ0) is 19.3. The highest BCUT2D eigenvalue weighted by atomic mass is 31.1. The third kappa shape index (κ3) is 3.71. The quantitative estimate of drug-likeness (QED) is 0.276. The average Bonchev–Trinajstić information content (AvgIpc) is 2.76. The molecule has 0 saturated heterocycles. The Bertz CT molecular complexity index is 1040. The molecule has 0 aromatic heterocycles. The number of hydrogen-bond acceptors (Lipinski definition) is 2. The molecule has 0 amide bonds. The van der Waals surface area contributed by atoms with Crippen LogP contribution in [-0.4, -0.2) is 4.92 Å². The molecule has 4 rings (SSSR count). The highest BCUT2D eigenvalue weighted by Crippen LogP contribution is 2.34. The molecular weight excluding hydrogens is 365 g/mol. The van der Waals surface area contributed by atoms with Crippen molar-refractivity contribution < 1.29 is 4.92 Å². The van der Waals surface area contributed by atoms with Crippen LogP contribution in [0.15, 0.2) is 109 Å². The largest absolute Gasteiger partial charge is 0.277 e. The van der Waals surface area contributed by atoms with Crippen LogP contribution in [0.25, 0.3) is 11.1 Å². The molecule has 28 heavy (non-hydrogen) atoms. The number of nitro benzene ring substituents is 1. The minimum atomic E-state index is -0.681. The Hall–Kier alpha value is -3.29. The summed E-state index contributed by atoms with van der Waals surface area (Å²) in [6.07, 6.45) is 0. The molecule has 3 nitrogen and oxygen atoms in total. The van der Waals surface area contributed by atoms with E-state index in [0.29, 0.717) is 5.56 Å². The third-order valence-corrected chi connectivity index (χ3v) is 7.01. The first-order valence-corrected chi connectivity index (χ1v) is 10.3. The number of benzene rings is 4. The van der Waals surface area contributed by atoms with E-state index >= 15 is 0 Å². The van der Waals surface area contributed by atoms with Gasteiger partial charge >= 0.3 is 0 Å². The second-order valence-corrected chi connectivity index (χ2v) is 8.55. The van der Waals surface area contributed by atoms with Crippen LogP contribution in [-0.2, 0) is 0 Å². The lowest BCUT2D eigenvalue weighted by Gasteiger charge is -2.19. The highest BCUT2D eigenvalue weighted by Gasteiger charge is 2.18. The monoisotopic (exact) mass is 383 g/mol. The Labute approximate surface area is 165 Å². The van der Waals surface area contributed by atoms with Gasteiger partial charge in [-0.2, -0.15) is 0 Å². The first kappa shape index (κ1) is 18.1. The van der Waals surface area contributed by atoms with Gasteiger partial charge in [0.15, 0.2) is 0 Å². The van der Waals surface area contributed by atoms with Gasteiger partial charge in [-0.1, -0.05) is 97.1 Å². The van der Waals surface area contributed by atoms with E-state index in [4.69, 9.17) is 0 Å². The Morgan fingerprint density at radius 3 is 1.57 bits per heavy atom. The van der Waals surface area contributed by atoms with Gasteiger partial charge in [0.05, 0.1) is 10.5 Å². The first-order chi connectivity index (χ1) is 13.7. The smallest absolute Gasteiger partial charge is 0.258 e. The van der Waals surface area contributed by atoms with Gasteiger partial charge in [0.25, 0.3) is 5.69 Å². The summed E-state index contributed by atoms with van der Waals surface area (Å²) in [5.74, 6) is 0. The number of hydrogen-bond donors (Lipinski definition) is 0. The molecule has 4 heteroatoms. The molecule has 0 N–H and O–H groups in total. The van der Waals surface area contributed by atoms with E-state index in [1.807, 2.05) is 30.3 Å². The first-order valence-electron chi connectivity index (χ1n) is 8.98. The van der Waals surface area contributed by atoms with Gasteiger partial charge in [-0.05, 0) is 35.5 Å². The van der Waals surface area contributed by atoms with Gasteiger partial charge in [-0.15, -0.1) is 0 Å². The molecule has 0 unspecified atom stereocenters. The van der Waals surface area contributed by atoms with Crippen molar-refractivity contribution in [2.75, 3.05) is 0 Å². The van der Waals surface area contributed by atoms with Crippen LogP contribution >= 0.6 is 7.92 Å².